The largest absolute Gasteiger partial charge is 0.482 e. The number of carbonyl (C=O) groups is 2. The first kappa shape index (κ1) is 23.4. The van der Waals surface area contributed by atoms with Gasteiger partial charge in [0.15, 0.2) is 6.61 Å². The van der Waals surface area contributed by atoms with Gasteiger partial charge in [-0.3, -0.25) is 9.59 Å². The van der Waals surface area contributed by atoms with Crippen LogP contribution in [0.25, 0.3) is 0 Å². The van der Waals surface area contributed by atoms with Crippen LogP contribution < -0.4 is 10.1 Å². The van der Waals surface area contributed by atoms with Gasteiger partial charge in [0, 0.05) is 25.6 Å². The molecule has 1 aliphatic carbocycles. The SMILES string of the molecule is O=C(NCc1ccccc1C(F)(F)F)[C@H]1CC12CCN(C(=O)COc1ccccc1Cl)CC2. The van der Waals surface area contributed by atoms with E-state index in [1.165, 1.54) is 18.2 Å². The molecule has 2 fully saturated rings. The standard InChI is InChI=1S/C24H24ClF3N2O3/c25-19-7-3-4-8-20(19)33-15-21(31)30-11-9-23(10-12-30)13-18(23)22(32)29-14-16-5-1-2-6-17(16)24(26,27)28/h1-8,18H,9-15H2,(H,29,32)/t18-/m1/s1. The summed E-state index contributed by atoms with van der Waals surface area (Å²) in [5.74, 6) is -0.150. The molecule has 2 aliphatic rings. The molecule has 0 radical (unpaired) electrons. The van der Waals surface area contributed by atoms with Gasteiger partial charge >= 0.3 is 6.18 Å². The predicted octanol–water partition coefficient (Wildman–Crippen LogP) is 4.68. The number of nitrogens with zero attached hydrogens (tertiary/aromatic N) is 1. The van der Waals surface area contributed by atoms with Crippen molar-refractivity contribution in [3.8, 4) is 5.75 Å². The molecule has 9 heteroatoms. The second-order valence-electron chi connectivity index (χ2n) is 8.59. The zero-order valence-electron chi connectivity index (χ0n) is 17.8. The smallest absolute Gasteiger partial charge is 0.416 e. The van der Waals surface area contributed by atoms with Crippen LogP contribution in [-0.2, 0) is 22.3 Å². The van der Waals surface area contributed by atoms with Crippen LogP contribution in [-0.4, -0.2) is 36.4 Å². The number of amides is 2. The van der Waals surface area contributed by atoms with E-state index in [9.17, 15) is 22.8 Å². The Morgan fingerprint density at radius 1 is 1.09 bits per heavy atom. The van der Waals surface area contributed by atoms with Crippen LogP contribution in [0.5, 0.6) is 5.75 Å². The van der Waals surface area contributed by atoms with Crippen molar-refractivity contribution in [3.63, 3.8) is 0 Å². The van der Waals surface area contributed by atoms with Gasteiger partial charge in [-0.25, -0.2) is 0 Å². The third kappa shape index (κ3) is 5.27. The maximum absolute atomic E-state index is 13.1. The molecule has 1 aliphatic heterocycles. The van der Waals surface area contributed by atoms with Gasteiger partial charge < -0.3 is 15.0 Å². The van der Waals surface area contributed by atoms with Crippen LogP contribution in [0.4, 0.5) is 13.2 Å². The van der Waals surface area contributed by atoms with Gasteiger partial charge in [-0.1, -0.05) is 41.9 Å². The molecule has 0 aromatic heterocycles. The van der Waals surface area contributed by atoms with Crippen LogP contribution in [0.15, 0.2) is 48.5 Å². The summed E-state index contributed by atoms with van der Waals surface area (Å²) in [6, 6.07) is 12.2. The van der Waals surface area contributed by atoms with Crippen molar-refractivity contribution in [3.05, 3.63) is 64.7 Å². The first-order chi connectivity index (χ1) is 15.7. The molecule has 0 unspecified atom stereocenters. The zero-order chi connectivity index (χ0) is 23.6. The van der Waals surface area contributed by atoms with E-state index in [0.29, 0.717) is 43.1 Å². The minimum absolute atomic E-state index is 0.0481. The molecular weight excluding hydrogens is 457 g/mol. The van der Waals surface area contributed by atoms with E-state index in [1.54, 1.807) is 29.2 Å². The van der Waals surface area contributed by atoms with E-state index in [0.717, 1.165) is 6.07 Å². The summed E-state index contributed by atoms with van der Waals surface area (Å²) in [7, 11) is 0. The van der Waals surface area contributed by atoms with Gasteiger partial charge in [-0.05, 0) is 48.4 Å². The first-order valence-corrected chi connectivity index (χ1v) is 11.2. The number of likely N-dealkylation sites (tertiary alicyclic amines) is 1. The highest BCUT2D eigenvalue weighted by atomic mass is 35.5. The Bertz CT molecular complexity index is 1040. The number of alkyl halides is 3. The summed E-state index contributed by atoms with van der Waals surface area (Å²) in [5.41, 5.74) is -0.859. The molecule has 2 aromatic rings. The van der Waals surface area contributed by atoms with E-state index < -0.39 is 11.7 Å². The van der Waals surface area contributed by atoms with Gasteiger partial charge in [0.25, 0.3) is 5.91 Å². The molecule has 33 heavy (non-hydrogen) atoms. The Kier molecular flexibility index (Phi) is 6.56. The third-order valence-corrected chi connectivity index (χ3v) is 6.89. The van der Waals surface area contributed by atoms with Crippen molar-refractivity contribution in [2.45, 2.75) is 32.0 Å². The second kappa shape index (κ2) is 9.25. The van der Waals surface area contributed by atoms with Crippen LogP contribution in [0.3, 0.4) is 0 Å². The average Bonchev–Trinajstić information content (AvgIpc) is 3.50. The summed E-state index contributed by atoms with van der Waals surface area (Å²) in [4.78, 5) is 26.8. The molecule has 2 amide bonds. The number of carbonyl (C=O) groups excluding carboxylic acids is 2. The number of ether oxygens (including phenoxy) is 1. The summed E-state index contributed by atoms with van der Waals surface area (Å²) >= 11 is 6.04. The van der Waals surface area contributed by atoms with Crippen molar-refractivity contribution < 1.29 is 27.5 Å². The highest BCUT2D eigenvalue weighted by molar-refractivity contribution is 6.32. The molecule has 1 spiro atoms. The maximum Gasteiger partial charge on any atom is 0.416 e. The number of hydrogen-bond donors (Lipinski definition) is 1. The minimum atomic E-state index is -4.46. The lowest BCUT2D eigenvalue weighted by atomic mass is 9.90. The number of piperidine rings is 1. The monoisotopic (exact) mass is 480 g/mol. The molecular formula is C24H24ClF3N2O3. The molecule has 1 N–H and O–H groups in total. The number of nitrogens with one attached hydrogen (secondary N) is 1. The summed E-state index contributed by atoms with van der Waals surface area (Å²) < 4.78 is 44.9. The molecule has 1 saturated carbocycles. The van der Waals surface area contributed by atoms with Crippen LogP contribution in [0, 0.1) is 11.3 Å². The van der Waals surface area contributed by atoms with E-state index >= 15 is 0 Å². The van der Waals surface area contributed by atoms with Gasteiger partial charge in [-0.15, -0.1) is 0 Å². The quantitative estimate of drug-likeness (QED) is 0.653. The van der Waals surface area contributed by atoms with Crippen molar-refractivity contribution in [2.24, 2.45) is 11.3 Å². The van der Waals surface area contributed by atoms with Crippen molar-refractivity contribution in [2.75, 3.05) is 19.7 Å². The summed E-state index contributed by atoms with van der Waals surface area (Å²) in [6.45, 7) is 0.765. The molecule has 1 heterocycles. The van der Waals surface area contributed by atoms with Gasteiger partial charge in [0.1, 0.15) is 5.75 Å². The maximum atomic E-state index is 13.1. The lowest BCUT2D eigenvalue weighted by molar-refractivity contribution is -0.138. The van der Waals surface area contributed by atoms with Gasteiger partial charge in [0.2, 0.25) is 5.91 Å². The van der Waals surface area contributed by atoms with Crippen LogP contribution in [0.1, 0.15) is 30.4 Å². The number of benzene rings is 2. The highest BCUT2D eigenvalue weighted by Gasteiger charge is 2.58. The Morgan fingerprint density at radius 2 is 1.76 bits per heavy atom. The fourth-order valence-corrected chi connectivity index (χ4v) is 4.71. The Labute approximate surface area is 194 Å². The molecule has 5 nitrogen and oxygen atoms in total. The van der Waals surface area contributed by atoms with E-state index in [4.69, 9.17) is 16.3 Å². The lowest BCUT2D eigenvalue weighted by Gasteiger charge is -2.32. The summed E-state index contributed by atoms with van der Waals surface area (Å²) in [5, 5.41) is 3.11. The highest BCUT2D eigenvalue weighted by Crippen LogP contribution is 2.59. The molecule has 2 aromatic carbocycles. The number of hydrogen-bond acceptors (Lipinski definition) is 3. The number of para-hydroxylation sites is 1. The number of rotatable bonds is 6. The third-order valence-electron chi connectivity index (χ3n) is 6.58. The molecule has 1 saturated heterocycles. The molecule has 176 valence electrons. The fourth-order valence-electron chi connectivity index (χ4n) is 4.52. The predicted molar refractivity (Wildman–Crippen MR) is 117 cm³/mol. The lowest BCUT2D eigenvalue weighted by Crippen LogP contribution is -2.42. The Balaban J connectivity index is 1.25. The molecule has 1 atom stereocenters. The molecule has 0 bridgehead atoms. The minimum Gasteiger partial charge on any atom is -0.482 e. The second-order valence-corrected chi connectivity index (χ2v) is 9.00. The average molecular weight is 481 g/mol. The van der Waals surface area contributed by atoms with Crippen LogP contribution >= 0.6 is 11.6 Å². The van der Waals surface area contributed by atoms with E-state index in [1.807, 2.05) is 0 Å². The van der Waals surface area contributed by atoms with Crippen LogP contribution in [0.2, 0.25) is 5.02 Å². The number of halogens is 4. The molecule has 4 rings (SSSR count). The van der Waals surface area contributed by atoms with Gasteiger partial charge in [0.05, 0.1) is 10.6 Å². The zero-order valence-corrected chi connectivity index (χ0v) is 18.6. The first-order valence-electron chi connectivity index (χ1n) is 10.8. The topological polar surface area (TPSA) is 58.6 Å². The van der Waals surface area contributed by atoms with Crippen molar-refractivity contribution in [1.82, 2.24) is 10.2 Å². The Morgan fingerprint density at radius 3 is 2.45 bits per heavy atom. The van der Waals surface area contributed by atoms with E-state index in [-0.39, 0.29) is 41.9 Å². The fraction of sp³-hybridized carbons (Fsp3) is 0.417. The normalized spacial score (nSPS) is 19.3. The summed E-state index contributed by atoms with van der Waals surface area (Å²) in [6.07, 6.45) is -2.40. The van der Waals surface area contributed by atoms with Crippen molar-refractivity contribution >= 4 is 23.4 Å². The van der Waals surface area contributed by atoms with E-state index in [2.05, 4.69) is 5.32 Å². The van der Waals surface area contributed by atoms with Gasteiger partial charge in [-0.2, -0.15) is 13.2 Å². The van der Waals surface area contributed by atoms with Crippen molar-refractivity contribution in [1.29, 1.82) is 0 Å². The Hall–Kier alpha value is -2.74.